The van der Waals surface area contributed by atoms with Crippen LogP contribution in [0, 0.1) is 27.7 Å². The van der Waals surface area contributed by atoms with Crippen LogP contribution in [0.15, 0.2) is 10.6 Å². The van der Waals surface area contributed by atoms with Crippen LogP contribution < -0.4 is 5.73 Å². The Balaban J connectivity index is 1.64. The van der Waals surface area contributed by atoms with Crippen LogP contribution in [-0.4, -0.2) is 29.9 Å². The van der Waals surface area contributed by atoms with E-state index in [1.54, 1.807) is 4.68 Å². The van der Waals surface area contributed by atoms with Gasteiger partial charge in [0.2, 0.25) is 5.89 Å². The molecule has 0 atom stereocenters. The molecular formula is C19H25N7O. The van der Waals surface area contributed by atoms with E-state index in [2.05, 4.69) is 25.2 Å². The second kappa shape index (κ2) is 6.53. The third kappa shape index (κ3) is 3.25. The number of hydrogen-bond acceptors (Lipinski definition) is 7. The Morgan fingerprint density at radius 3 is 2.41 bits per heavy atom. The number of nitrogens with two attached hydrogens (primary N) is 1. The molecule has 2 N–H and O–H groups in total. The molecule has 1 saturated carbocycles. The molecule has 0 amide bonds. The highest BCUT2D eigenvalue weighted by Crippen LogP contribution is 2.34. The Hall–Kier alpha value is -2.61. The summed E-state index contributed by atoms with van der Waals surface area (Å²) in [6.45, 7) is 7.89. The lowest BCUT2D eigenvalue weighted by Gasteiger charge is -2.17. The van der Waals surface area contributed by atoms with Crippen molar-refractivity contribution in [3.8, 4) is 5.95 Å². The molecule has 1 aliphatic carbocycles. The van der Waals surface area contributed by atoms with Gasteiger partial charge in [0.15, 0.2) is 5.82 Å². The molecule has 3 aromatic heterocycles. The Bertz CT molecular complexity index is 962. The van der Waals surface area contributed by atoms with Gasteiger partial charge in [-0.15, -0.1) is 0 Å². The second-order valence-corrected chi connectivity index (χ2v) is 7.56. The van der Waals surface area contributed by atoms with Crippen LogP contribution in [0.4, 0.5) is 0 Å². The summed E-state index contributed by atoms with van der Waals surface area (Å²) in [5.74, 6) is 1.77. The first-order valence-electron chi connectivity index (χ1n) is 9.35. The van der Waals surface area contributed by atoms with E-state index in [1.165, 1.54) is 0 Å². The largest absolute Gasteiger partial charge is 0.339 e. The lowest BCUT2D eigenvalue weighted by atomic mass is 9.99. The van der Waals surface area contributed by atoms with Gasteiger partial charge in [-0.3, -0.25) is 0 Å². The van der Waals surface area contributed by atoms with Gasteiger partial charge in [-0.2, -0.15) is 10.1 Å². The minimum Gasteiger partial charge on any atom is -0.339 e. The number of aryl methyl sites for hydroxylation is 3. The maximum Gasteiger partial charge on any atom is 0.251 e. The number of rotatable bonds is 4. The molecule has 0 aliphatic heterocycles. The van der Waals surface area contributed by atoms with E-state index in [0.717, 1.165) is 54.0 Å². The molecule has 0 saturated heterocycles. The van der Waals surface area contributed by atoms with E-state index < -0.39 is 5.54 Å². The van der Waals surface area contributed by atoms with Crippen molar-refractivity contribution in [2.45, 2.75) is 65.3 Å². The summed E-state index contributed by atoms with van der Waals surface area (Å²) in [5, 5.41) is 8.78. The molecule has 3 aromatic rings. The molecule has 0 spiro atoms. The fourth-order valence-corrected chi connectivity index (χ4v) is 3.84. The van der Waals surface area contributed by atoms with E-state index in [-0.39, 0.29) is 0 Å². The maximum atomic E-state index is 6.44. The molecule has 3 heterocycles. The van der Waals surface area contributed by atoms with Gasteiger partial charge < -0.3 is 10.3 Å². The summed E-state index contributed by atoms with van der Waals surface area (Å²) < 4.78 is 7.28. The molecule has 142 valence electrons. The summed E-state index contributed by atoms with van der Waals surface area (Å²) in [4.78, 5) is 13.6. The van der Waals surface area contributed by atoms with E-state index in [1.807, 2.05) is 33.8 Å². The van der Waals surface area contributed by atoms with Gasteiger partial charge in [0, 0.05) is 22.6 Å². The predicted molar refractivity (Wildman–Crippen MR) is 99.5 cm³/mol. The summed E-state index contributed by atoms with van der Waals surface area (Å²) in [5.41, 5.74) is 10.7. The van der Waals surface area contributed by atoms with Crippen LogP contribution in [0.2, 0.25) is 0 Å². The van der Waals surface area contributed by atoms with Gasteiger partial charge in [-0.1, -0.05) is 18.0 Å². The molecule has 8 heteroatoms. The first kappa shape index (κ1) is 17.8. The van der Waals surface area contributed by atoms with Gasteiger partial charge >= 0.3 is 0 Å². The smallest absolute Gasteiger partial charge is 0.251 e. The van der Waals surface area contributed by atoms with Gasteiger partial charge in [0.25, 0.3) is 5.95 Å². The molecule has 0 radical (unpaired) electrons. The Labute approximate surface area is 158 Å². The van der Waals surface area contributed by atoms with Crippen molar-refractivity contribution in [2.75, 3.05) is 0 Å². The lowest BCUT2D eigenvalue weighted by Crippen LogP contribution is -2.34. The summed E-state index contributed by atoms with van der Waals surface area (Å²) in [6, 6.07) is 1.95. The highest BCUT2D eigenvalue weighted by atomic mass is 16.5. The average Bonchev–Trinajstić information content (AvgIpc) is 3.31. The second-order valence-electron chi connectivity index (χ2n) is 7.56. The maximum absolute atomic E-state index is 6.44. The number of aromatic nitrogens is 6. The predicted octanol–water partition coefficient (Wildman–Crippen LogP) is 2.60. The van der Waals surface area contributed by atoms with Gasteiger partial charge in [0.05, 0.1) is 17.7 Å². The summed E-state index contributed by atoms with van der Waals surface area (Å²) in [7, 11) is 0. The van der Waals surface area contributed by atoms with Gasteiger partial charge in [0.1, 0.15) is 0 Å². The molecule has 8 nitrogen and oxygen atoms in total. The van der Waals surface area contributed by atoms with Crippen molar-refractivity contribution in [3.63, 3.8) is 0 Å². The highest BCUT2D eigenvalue weighted by molar-refractivity contribution is 5.32. The Kier molecular flexibility index (Phi) is 4.30. The topological polar surface area (TPSA) is 109 Å². The lowest BCUT2D eigenvalue weighted by molar-refractivity contribution is 0.352. The van der Waals surface area contributed by atoms with E-state index in [0.29, 0.717) is 24.1 Å². The molecule has 0 unspecified atom stereocenters. The summed E-state index contributed by atoms with van der Waals surface area (Å²) >= 11 is 0. The molecule has 1 aliphatic rings. The van der Waals surface area contributed by atoms with Crippen LogP contribution in [-0.2, 0) is 12.0 Å². The van der Waals surface area contributed by atoms with Crippen molar-refractivity contribution in [1.29, 1.82) is 0 Å². The fourth-order valence-electron chi connectivity index (χ4n) is 3.84. The monoisotopic (exact) mass is 367 g/mol. The van der Waals surface area contributed by atoms with Crippen molar-refractivity contribution < 1.29 is 4.52 Å². The molecule has 1 fully saturated rings. The van der Waals surface area contributed by atoms with Gasteiger partial charge in [-0.25, -0.2) is 14.6 Å². The molecule has 0 bridgehead atoms. The van der Waals surface area contributed by atoms with Crippen LogP contribution in [0.5, 0.6) is 0 Å². The van der Waals surface area contributed by atoms with Crippen LogP contribution in [0.25, 0.3) is 5.95 Å². The van der Waals surface area contributed by atoms with Crippen molar-refractivity contribution in [2.24, 2.45) is 5.73 Å². The van der Waals surface area contributed by atoms with Crippen molar-refractivity contribution >= 4 is 0 Å². The van der Waals surface area contributed by atoms with E-state index in [4.69, 9.17) is 10.3 Å². The first-order valence-corrected chi connectivity index (χ1v) is 9.35. The molecule has 4 rings (SSSR count). The Morgan fingerprint density at radius 2 is 1.74 bits per heavy atom. The molecule has 27 heavy (non-hydrogen) atoms. The zero-order chi connectivity index (χ0) is 19.2. The average molecular weight is 367 g/mol. The highest BCUT2D eigenvalue weighted by Gasteiger charge is 2.36. The normalized spacial score (nSPS) is 16.2. The van der Waals surface area contributed by atoms with Crippen LogP contribution in [0.1, 0.15) is 65.7 Å². The number of nitrogens with zero attached hydrogens (tertiary/aromatic N) is 6. The van der Waals surface area contributed by atoms with Crippen molar-refractivity contribution in [3.05, 3.63) is 46.1 Å². The first-order chi connectivity index (χ1) is 12.9. The van der Waals surface area contributed by atoms with Crippen LogP contribution >= 0.6 is 0 Å². The SMILES string of the molecule is Cc1cc(C)nc(-n2nc(C)c(Cc3nc(C4(N)CCCC4)no3)c2C)n1. The molecular weight excluding hydrogens is 342 g/mol. The fraction of sp³-hybridized carbons (Fsp3) is 0.526. The minimum atomic E-state index is -0.442. The summed E-state index contributed by atoms with van der Waals surface area (Å²) in [6.07, 6.45) is 4.56. The Morgan fingerprint density at radius 1 is 1.07 bits per heavy atom. The number of hydrogen-bond donors (Lipinski definition) is 1. The quantitative estimate of drug-likeness (QED) is 0.755. The minimum absolute atomic E-state index is 0.442. The standard InChI is InChI=1S/C19H25N7O/c1-11-9-12(2)22-18(21-11)26-14(4)15(13(3)24-26)10-16-23-17(25-27-16)19(20)7-5-6-8-19/h9H,5-8,10,20H2,1-4H3. The van der Waals surface area contributed by atoms with E-state index >= 15 is 0 Å². The van der Waals surface area contributed by atoms with Gasteiger partial charge in [-0.05, 0) is 46.6 Å². The van der Waals surface area contributed by atoms with Crippen molar-refractivity contribution in [1.82, 2.24) is 29.9 Å². The van der Waals surface area contributed by atoms with E-state index in [9.17, 15) is 0 Å². The van der Waals surface area contributed by atoms with Crippen LogP contribution in [0.3, 0.4) is 0 Å². The zero-order valence-corrected chi connectivity index (χ0v) is 16.3. The molecule has 0 aromatic carbocycles. The zero-order valence-electron chi connectivity index (χ0n) is 16.3. The third-order valence-corrected chi connectivity index (χ3v) is 5.34. The third-order valence-electron chi connectivity index (χ3n) is 5.34.